The van der Waals surface area contributed by atoms with E-state index in [1.807, 2.05) is 0 Å². The molecule has 3 heterocycles. The molecule has 0 amide bonds. The third kappa shape index (κ3) is 2.32. The molecule has 0 bridgehead atoms. The van der Waals surface area contributed by atoms with Gasteiger partial charge in [-0.05, 0) is 13.8 Å². The first-order valence-corrected chi connectivity index (χ1v) is 7.22. The molecular formula is C15H20N4O. The van der Waals surface area contributed by atoms with Crippen LogP contribution in [0.3, 0.4) is 0 Å². The van der Waals surface area contributed by atoms with Gasteiger partial charge in [0, 0.05) is 50.4 Å². The summed E-state index contributed by atoms with van der Waals surface area (Å²) in [6, 6.07) is 4.96. The first-order chi connectivity index (χ1) is 9.69. The highest BCUT2D eigenvalue weighted by Gasteiger charge is 2.32. The molecule has 0 aromatic carbocycles. The fraction of sp³-hybridized carbons (Fsp3) is 0.600. The van der Waals surface area contributed by atoms with Gasteiger partial charge in [-0.3, -0.25) is 4.90 Å². The van der Waals surface area contributed by atoms with E-state index in [1.165, 1.54) is 0 Å². The first kappa shape index (κ1) is 13.2. The van der Waals surface area contributed by atoms with E-state index in [2.05, 4.69) is 34.7 Å². The molecular weight excluding hydrogens is 252 g/mol. The molecule has 3 rings (SSSR count). The molecule has 0 spiro atoms. The topological polar surface area (TPSA) is 52.4 Å². The third-order valence-corrected chi connectivity index (χ3v) is 4.19. The van der Waals surface area contributed by atoms with Gasteiger partial charge in [0.05, 0.1) is 12.2 Å². The zero-order valence-electron chi connectivity index (χ0n) is 12.0. The molecule has 5 heteroatoms. The van der Waals surface area contributed by atoms with Gasteiger partial charge in [-0.1, -0.05) is 0 Å². The van der Waals surface area contributed by atoms with E-state index in [4.69, 9.17) is 10.00 Å². The summed E-state index contributed by atoms with van der Waals surface area (Å²) < 4.78 is 5.80. The first-order valence-electron chi connectivity index (χ1n) is 7.22. The number of anilines is 1. The summed E-state index contributed by atoms with van der Waals surface area (Å²) in [4.78, 5) is 9.32. The Morgan fingerprint density at radius 2 is 2.30 bits per heavy atom. The molecule has 5 nitrogen and oxygen atoms in total. The number of fused-ring (bicyclic) bond motifs is 3. The molecule has 0 saturated carbocycles. The van der Waals surface area contributed by atoms with E-state index in [0.29, 0.717) is 24.3 Å². The maximum atomic E-state index is 8.97. The molecule has 0 N–H and O–H groups in total. The van der Waals surface area contributed by atoms with Crippen LogP contribution in [0, 0.1) is 11.3 Å². The quantitative estimate of drug-likeness (QED) is 0.778. The number of rotatable bonds is 1. The second kappa shape index (κ2) is 5.29. The zero-order chi connectivity index (χ0) is 14.1. The Morgan fingerprint density at radius 3 is 3.05 bits per heavy atom. The van der Waals surface area contributed by atoms with Crippen molar-refractivity contribution < 1.29 is 4.74 Å². The highest BCUT2D eigenvalue weighted by Crippen LogP contribution is 2.33. The number of piperazine rings is 1. The standard InChI is InChI=1S/C15H20N4O/c1-11(2)18-4-5-19-13(10-18)3-6-20-14-7-12(8-16)9-17-15(14)19/h7,9,11,13H,3-6,10H2,1-2H3/t13-/m0/s1. The largest absolute Gasteiger partial charge is 0.490 e. The Bertz CT molecular complexity index is 537. The van der Waals surface area contributed by atoms with Gasteiger partial charge in [-0.2, -0.15) is 5.26 Å². The summed E-state index contributed by atoms with van der Waals surface area (Å²) in [5.41, 5.74) is 0.558. The Hall–Kier alpha value is -1.80. The van der Waals surface area contributed by atoms with Crippen LogP contribution >= 0.6 is 0 Å². The van der Waals surface area contributed by atoms with Crippen LogP contribution in [0.15, 0.2) is 12.3 Å². The van der Waals surface area contributed by atoms with Crippen LogP contribution in [-0.4, -0.2) is 48.2 Å². The normalized spacial score (nSPS) is 22.5. The molecule has 0 radical (unpaired) electrons. The van der Waals surface area contributed by atoms with Gasteiger partial charge in [0.2, 0.25) is 0 Å². The van der Waals surface area contributed by atoms with Gasteiger partial charge in [0.25, 0.3) is 0 Å². The average molecular weight is 272 g/mol. The second-order valence-electron chi connectivity index (χ2n) is 5.73. The number of hydrogen-bond donors (Lipinski definition) is 0. The lowest BCUT2D eigenvalue weighted by molar-refractivity contribution is 0.172. The Morgan fingerprint density at radius 1 is 1.45 bits per heavy atom. The van der Waals surface area contributed by atoms with Crippen LogP contribution in [0.5, 0.6) is 5.75 Å². The summed E-state index contributed by atoms with van der Waals surface area (Å²) >= 11 is 0. The summed E-state index contributed by atoms with van der Waals surface area (Å²) in [5.74, 6) is 1.65. The number of nitriles is 1. The highest BCUT2D eigenvalue weighted by molar-refractivity contribution is 5.56. The van der Waals surface area contributed by atoms with E-state index in [1.54, 1.807) is 12.3 Å². The monoisotopic (exact) mass is 272 g/mol. The lowest BCUT2D eigenvalue weighted by Gasteiger charge is -2.42. The molecule has 1 saturated heterocycles. The van der Waals surface area contributed by atoms with Crippen molar-refractivity contribution in [3.63, 3.8) is 0 Å². The van der Waals surface area contributed by atoms with Crippen molar-refractivity contribution in [2.24, 2.45) is 0 Å². The van der Waals surface area contributed by atoms with Gasteiger partial charge in [-0.25, -0.2) is 4.98 Å². The van der Waals surface area contributed by atoms with Gasteiger partial charge < -0.3 is 9.64 Å². The second-order valence-corrected chi connectivity index (χ2v) is 5.73. The number of aromatic nitrogens is 1. The third-order valence-electron chi connectivity index (χ3n) is 4.19. The van der Waals surface area contributed by atoms with Crippen LogP contribution in [0.1, 0.15) is 25.8 Å². The van der Waals surface area contributed by atoms with Crippen LogP contribution in [0.2, 0.25) is 0 Å². The summed E-state index contributed by atoms with van der Waals surface area (Å²) in [7, 11) is 0. The van der Waals surface area contributed by atoms with Crippen molar-refractivity contribution in [3.05, 3.63) is 17.8 Å². The number of ether oxygens (including phenoxy) is 1. The smallest absolute Gasteiger partial charge is 0.171 e. The van der Waals surface area contributed by atoms with Gasteiger partial charge in [0.1, 0.15) is 6.07 Å². The summed E-state index contributed by atoms with van der Waals surface area (Å²) in [6.07, 6.45) is 2.64. The maximum Gasteiger partial charge on any atom is 0.171 e. The molecule has 0 unspecified atom stereocenters. The average Bonchev–Trinajstić information content (AvgIpc) is 2.64. The lowest BCUT2D eigenvalue weighted by atomic mass is 10.1. The molecule has 106 valence electrons. The molecule has 0 aliphatic carbocycles. The number of pyridine rings is 1. The fourth-order valence-corrected chi connectivity index (χ4v) is 3.00. The predicted octanol–water partition coefficient (Wildman–Crippen LogP) is 1.63. The number of nitrogens with zero attached hydrogens (tertiary/aromatic N) is 4. The molecule has 2 aliphatic heterocycles. The highest BCUT2D eigenvalue weighted by atomic mass is 16.5. The minimum Gasteiger partial charge on any atom is -0.490 e. The Labute approximate surface area is 119 Å². The minimum absolute atomic E-state index is 0.452. The summed E-state index contributed by atoms with van der Waals surface area (Å²) in [6.45, 7) is 8.26. The van der Waals surface area contributed by atoms with Crippen molar-refractivity contribution in [2.75, 3.05) is 31.1 Å². The van der Waals surface area contributed by atoms with Crippen LogP contribution in [-0.2, 0) is 0 Å². The van der Waals surface area contributed by atoms with Gasteiger partial charge in [-0.15, -0.1) is 0 Å². The molecule has 1 fully saturated rings. The van der Waals surface area contributed by atoms with Crippen molar-refractivity contribution in [3.8, 4) is 11.8 Å². The van der Waals surface area contributed by atoms with Crippen molar-refractivity contribution in [1.82, 2.24) is 9.88 Å². The molecule has 1 aromatic rings. The van der Waals surface area contributed by atoms with Crippen LogP contribution < -0.4 is 9.64 Å². The molecule has 1 aromatic heterocycles. The van der Waals surface area contributed by atoms with E-state index >= 15 is 0 Å². The maximum absolute atomic E-state index is 8.97. The van der Waals surface area contributed by atoms with Gasteiger partial charge >= 0.3 is 0 Å². The van der Waals surface area contributed by atoms with Crippen LogP contribution in [0.4, 0.5) is 5.82 Å². The van der Waals surface area contributed by atoms with Crippen molar-refractivity contribution in [2.45, 2.75) is 32.4 Å². The van der Waals surface area contributed by atoms with E-state index < -0.39 is 0 Å². The molecule has 20 heavy (non-hydrogen) atoms. The zero-order valence-corrected chi connectivity index (χ0v) is 12.0. The molecule has 2 aliphatic rings. The van der Waals surface area contributed by atoms with Crippen molar-refractivity contribution >= 4 is 5.82 Å². The van der Waals surface area contributed by atoms with Gasteiger partial charge in [0.15, 0.2) is 11.6 Å². The fourth-order valence-electron chi connectivity index (χ4n) is 3.00. The van der Waals surface area contributed by atoms with E-state index in [-0.39, 0.29) is 0 Å². The van der Waals surface area contributed by atoms with Crippen LogP contribution in [0.25, 0.3) is 0 Å². The SMILES string of the molecule is CC(C)N1CCN2c3ncc(C#N)cc3OCC[C@H]2C1. The van der Waals surface area contributed by atoms with E-state index in [9.17, 15) is 0 Å². The number of hydrogen-bond acceptors (Lipinski definition) is 5. The minimum atomic E-state index is 0.452. The predicted molar refractivity (Wildman–Crippen MR) is 76.9 cm³/mol. The van der Waals surface area contributed by atoms with E-state index in [0.717, 1.165) is 37.6 Å². The Balaban J connectivity index is 1.89. The molecule has 1 atom stereocenters. The lowest BCUT2D eigenvalue weighted by Crippen LogP contribution is -2.55. The Kier molecular flexibility index (Phi) is 3.49. The summed E-state index contributed by atoms with van der Waals surface area (Å²) in [5, 5.41) is 8.97. The van der Waals surface area contributed by atoms with Crippen molar-refractivity contribution in [1.29, 1.82) is 5.26 Å².